The third-order valence-electron chi connectivity index (χ3n) is 4.17. The number of carbonyl (C=O) groups is 3. The summed E-state index contributed by atoms with van der Waals surface area (Å²) in [7, 11) is 0. The van der Waals surface area contributed by atoms with Crippen LogP contribution in [0.3, 0.4) is 0 Å². The molecule has 2 aromatic carbocycles. The predicted molar refractivity (Wildman–Crippen MR) is 107 cm³/mol. The Morgan fingerprint density at radius 3 is 2.34 bits per heavy atom. The Hall–Kier alpha value is -3.38. The van der Waals surface area contributed by atoms with Crippen LogP contribution in [0.5, 0.6) is 0 Å². The summed E-state index contributed by atoms with van der Waals surface area (Å²) in [4.78, 5) is 37.6. The fourth-order valence-corrected chi connectivity index (χ4v) is 2.75. The maximum atomic E-state index is 12.8. The van der Waals surface area contributed by atoms with E-state index in [2.05, 4.69) is 5.32 Å². The van der Waals surface area contributed by atoms with Crippen LogP contribution in [0.25, 0.3) is 0 Å². The SMILES string of the molecule is C[C@@H](OC(=O)c1ccccc1C(=O)c1ccc(Cl)cc1)C(=O)NCc1ccco1. The molecule has 3 rings (SSSR count). The summed E-state index contributed by atoms with van der Waals surface area (Å²) in [6.07, 6.45) is 0.454. The van der Waals surface area contributed by atoms with Gasteiger partial charge in [0.15, 0.2) is 11.9 Å². The molecule has 29 heavy (non-hydrogen) atoms. The molecule has 148 valence electrons. The molecule has 0 radical (unpaired) electrons. The van der Waals surface area contributed by atoms with Gasteiger partial charge in [-0.15, -0.1) is 0 Å². The fourth-order valence-electron chi connectivity index (χ4n) is 2.62. The number of nitrogens with one attached hydrogen (secondary N) is 1. The second-order valence-electron chi connectivity index (χ2n) is 6.23. The van der Waals surface area contributed by atoms with Crippen LogP contribution >= 0.6 is 11.6 Å². The minimum atomic E-state index is -1.05. The van der Waals surface area contributed by atoms with Crippen molar-refractivity contribution in [3.05, 3.63) is 94.4 Å². The molecular formula is C22H18ClNO5. The van der Waals surface area contributed by atoms with Crippen molar-refractivity contribution >= 4 is 29.3 Å². The molecule has 0 saturated carbocycles. The Morgan fingerprint density at radius 2 is 1.69 bits per heavy atom. The highest BCUT2D eigenvalue weighted by molar-refractivity contribution is 6.30. The lowest BCUT2D eigenvalue weighted by molar-refractivity contribution is -0.129. The van der Waals surface area contributed by atoms with E-state index in [4.69, 9.17) is 20.8 Å². The van der Waals surface area contributed by atoms with Gasteiger partial charge in [-0.1, -0.05) is 29.8 Å². The molecule has 0 spiro atoms. The van der Waals surface area contributed by atoms with Crippen molar-refractivity contribution in [3.8, 4) is 0 Å². The molecule has 0 fully saturated rings. The van der Waals surface area contributed by atoms with E-state index in [1.807, 2.05) is 0 Å². The van der Waals surface area contributed by atoms with Crippen LogP contribution in [0.1, 0.15) is 39.0 Å². The smallest absolute Gasteiger partial charge is 0.339 e. The van der Waals surface area contributed by atoms with Crippen LogP contribution in [-0.4, -0.2) is 23.8 Å². The third-order valence-corrected chi connectivity index (χ3v) is 4.42. The summed E-state index contributed by atoms with van der Waals surface area (Å²) in [5, 5.41) is 3.12. The highest BCUT2D eigenvalue weighted by atomic mass is 35.5. The molecule has 1 N–H and O–H groups in total. The lowest BCUT2D eigenvalue weighted by atomic mass is 9.98. The molecule has 0 unspecified atom stereocenters. The molecular weight excluding hydrogens is 394 g/mol. The van der Waals surface area contributed by atoms with Gasteiger partial charge in [0.25, 0.3) is 5.91 Å². The average Bonchev–Trinajstić information content (AvgIpc) is 3.25. The highest BCUT2D eigenvalue weighted by Gasteiger charge is 2.23. The van der Waals surface area contributed by atoms with Gasteiger partial charge in [-0.2, -0.15) is 0 Å². The summed E-state index contributed by atoms with van der Waals surface area (Å²) < 4.78 is 10.4. The molecule has 0 saturated heterocycles. The van der Waals surface area contributed by atoms with Crippen LogP contribution in [0.4, 0.5) is 0 Å². The van der Waals surface area contributed by atoms with Gasteiger partial charge < -0.3 is 14.5 Å². The van der Waals surface area contributed by atoms with Crippen molar-refractivity contribution in [1.29, 1.82) is 0 Å². The molecule has 0 aliphatic carbocycles. The number of rotatable bonds is 7. The highest BCUT2D eigenvalue weighted by Crippen LogP contribution is 2.18. The van der Waals surface area contributed by atoms with Crippen molar-refractivity contribution in [1.82, 2.24) is 5.32 Å². The summed E-state index contributed by atoms with van der Waals surface area (Å²) >= 11 is 5.86. The first kappa shape index (κ1) is 20.4. The number of halogens is 1. The molecule has 0 bridgehead atoms. The number of esters is 1. The molecule has 1 aromatic heterocycles. The van der Waals surface area contributed by atoms with Crippen molar-refractivity contribution < 1.29 is 23.5 Å². The molecule has 1 heterocycles. The number of hydrogen-bond donors (Lipinski definition) is 1. The first-order valence-electron chi connectivity index (χ1n) is 8.86. The molecule has 6 nitrogen and oxygen atoms in total. The number of furan rings is 1. The van der Waals surface area contributed by atoms with Crippen molar-refractivity contribution in [3.63, 3.8) is 0 Å². The second kappa shape index (κ2) is 9.21. The summed E-state index contributed by atoms with van der Waals surface area (Å²) in [5.41, 5.74) is 0.653. The van der Waals surface area contributed by atoms with Crippen LogP contribution < -0.4 is 5.32 Å². The van der Waals surface area contributed by atoms with E-state index in [0.29, 0.717) is 16.3 Å². The predicted octanol–water partition coefficient (Wildman–Crippen LogP) is 4.03. The Bertz CT molecular complexity index is 1010. The van der Waals surface area contributed by atoms with Gasteiger partial charge in [0, 0.05) is 16.1 Å². The lowest BCUT2D eigenvalue weighted by Crippen LogP contribution is -2.35. The molecule has 3 aromatic rings. The first-order valence-corrected chi connectivity index (χ1v) is 9.24. The minimum absolute atomic E-state index is 0.0816. The Kier molecular flexibility index (Phi) is 6.46. The maximum Gasteiger partial charge on any atom is 0.339 e. The zero-order valence-corrected chi connectivity index (χ0v) is 16.3. The van der Waals surface area contributed by atoms with Crippen molar-refractivity contribution in [2.45, 2.75) is 19.6 Å². The molecule has 1 atom stereocenters. The van der Waals surface area contributed by atoms with E-state index in [0.717, 1.165) is 0 Å². The van der Waals surface area contributed by atoms with Crippen LogP contribution in [0, 0.1) is 0 Å². The van der Waals surface area contributed by atoms with Gasteiger partial charge in [0.05, 0.1) is 18.4 Å². The van der Waals surface area contributed by atoms with Gasteiger partial charge in [0.2, 0.25) is 0 Å². The van der Waals surface area contributed by atoms with E-state index in [-0.39, 0.29) is 23.5 Å². The van der Waals surface area contributed by atoms with E-state index in [1.165, 1.54) is 25.3 Å². The first-order chi connectivity index (χ1) is 14.0. The number of benzene rings is 2. The van der Waals surface area contributed by atoms with Crippen LogP contribution in [0.15, 0.2) is 71.3 Å². The monoisotopic (exact) mass is 411 g/mol. The van der Waals surface area contributed by atoms with Gasteiger partial charge in [-0.05, 0) is 49.4 Å². The maximum absolute atomic E-state index is 12.8. The van der Waals surface area contributed by atoms with E-state index >= 15 is 0 Å². The average molecular weight is 412 g/mol. The van der Waals surface area contributed by atoms with Gasteiger partial charge >= 0.3 is 5.97 Å². The molecule has 1 amide bonds. The number of hydrogen-bond acceptors (Lipinski definition) is 5. The third kappa shape index (κ3) is 5.12. The zero-order valence-electron chi connectivity index (χ0n) is 15.6. The van der Waals surface area contributed by atoms with Gasteiger partial charge in [-0.3, -0.25) is 9.59 Å². The van der Waals surface area contributed by atoms with Gasteiger partial charge in [0.1, 0.15) is 5.76 Å². The van der Waals surface area contributed by atoms with E-state index in [9.17, 15) is 14.4 Å². The number of carbonyl (C=O) groups excluding carboxylic acids is 3. The van der Waals surface area contributed by atoms with Crippen molar-refractivity contribution in [2.75, 3.05) is 0 Å². The minimum Gasteiger partial charge on any atom is -0.467 e. The normalized spacial score (nSPS) is 11.5. The van der Waals surface area contributed by atoms with Gasteiger partial charge in [-0.25, -0.2) is 4.79 Å². The van der Waals surface area contributed by atoms with Crippen LogP contribution in [-0.2, 0) is 16.1 Å². The lowest BCUT2D eigenvalue weighted by Gasteiger charge is -2.14. The van der Waals surface area contributed by atoms with E-state index in [1.54, 1.807) is 48.5 Å². The summed E-state index contributed by atoms with van der Waals surface area (Å²) in [5.74, 6) is -1.00. The molecule has 7 heteroatoms. The summed E-state index contributed by atoms with van der Waals surface area (Å²) in [6.45, 7) is 1.64. The number of ketones is 1. The zero-order chi connectivity index (χ0) is 20.8. The topological polar surface area (TPSA) is 85.6 Å². The second-order valence-corrected chi connectivity index (χ2v) is 6.66. The molecule has 0 aliphatic heterocycles. The molecule has 0 aliphatic rings. The Labute approximate surface area is 172 Å². The number of amides is 1. The quantitative estimate of drug-likeness (QED) is 0.468. The van der Waals surface area contributed by atoms with Crippen LogP contribution in [0.2, 0.25) is 5.02 Å². The number of ether oxygens (including phenoxy) is 1. The van der Waals surface area contributed by atoms with Crippen molar-refractivity contribution in [2.24, 2.45) is 0 Å². The Morgan fingerprint density at radius 1 is 1.00 bits per heavy atom. The largest absolute Gasteiger partial charge is 0.467 e. The fraction of sp³-hybridized carbons (Fsp3) is 0.136. The summed E-state index contributed by atoms with van der Waals surface area (Å²) in [6, 6.07) is 16.1. The standard InChI is InChI=1S/C22H18ClNO5/c1-14(21(26)24-13-17-5-4-12-28-17)29-22(27)19-7-3-2-6-18(19)20(25)15-8-10-16(23)11-9-15/h2-12,14H,13H2,1H3,(H,24,26)/t14-/m1/s1. The Balaban J connectivity index is 1.70. The van der Waals surface area contributed by atoms with E-state index < -0.39 is 18.0 Å².